The third-order valence-corrected chi connectivity index (χ3v) is 2.35. The van der Waals surface area contributed by atoms with E-state index in [0.29, 0.717) is 5.75 Å². The third kappa shape index (κ3) is 2.18. The molecule has 1 aliphatic heterocycles. The van der Waals surface area contributed by atoms with Crippen molar-refractivity contribution in [1.82, 2.24) is 10.6 Å². The zero-order valence-electron chi connectivity index (χ0n) is 9.10. The number of methoxy groups -OCH3 is 1. The highest BCUT2D eigenvalue weighted by molar-refractivity contribution is 6.05. The van der Waals surface area contributed by atoms with Gasteiger partial charge >= 0.3 is 0 Å². The molecule has 17 heavy (non-hydrogen) atoms. The summed E-state index contributed by atoms with van der Waals surface area (Å²) in [6.45, 7) is 0. The number of nitrogens with one attached hydrogen (secondary N) is 2. The fourth-order valence-corrected chi connectivity index (χ4v) is 1.53. The molecular weight excluding hydrogens is 220 g/mol. The van der Waals surface area contributed by atoms with Crippen LogP contribution in [0.25, 0.3) is 0 Å². The molecule has 0 bridgehead atoms. The van der Waals surface area contributed by atoms with Crippen molar-refractivity contribution >= 4 is 11.9 Å². The normalized spacial score (nSPS) is 18.0. The van der Waals surface area contributed by atoms with Gasteiger partial charge in [0.05, 0.1) is 7.11 Å². The predicted octanol–water partition coefficient (Wildman–Crippen LogP) is 0.293. The van der Waals surface area contributed by atoms with Crippen molar-refractivity contribution in [1.29, 1.82) is 5.26 Å². The highest BCUT2D eigenvalue weighted by atomic mass is 16.5. The fourth-order valence-electron chi connectivity index (χ4n) is 1.53. The van der Waals surface area contributed by atoms with Crippen molar-refractivity contribution in [3.63, 3.8) is 0 Å². The Bertz CT molecular complexity index is 501. The van der Waals surface area contributed by atoms with Crippen LogP contribution in [0.3, 0.4) is 0 Å². The maximum atomic E-state index is 11.6. The van der Waals surface area contributed by atoms with Gasteiger partial charge in [-0.15, -0.1) is 0 Å². The molecule has 1 aliphatic rings. The molecule has 0 radical (unpaired) electrons. The average molecular weight is 230 g/mol. The lowest BCUT2D eigenvalue weighted by atomic mass is 10.1. The van der Waals surface area contributed by atoms with Gasteiger partial charge in [0.1, 0.15) is 5.75 Å². The topological polar surface area (TPSA) is 86.5 Å². The number of nitriles is 1. The maximum Gasteiger partial charge on any atom is 0.256 e. The Morgan fingerprint density at radius 3 is 2.76 bits per heavy atom. The summed E-state index contributed by atoms with van der Waals surface area (Å²) in [5.74, 6) is 0.637. The van der Waals surface area contributed by atoms with Crippen LogP contribution in [0.5, 0.6) is 5.75 Å². The molecule has 0 saturated heterocycles. The number of guanidine groups is 1. The van der Waals surface area contributed by atoms with Crippen LogP contribution in [0.15, 0.2) is 29.3 Å². The first-order valence-electron chi connectivity index (χ1n) is 4.92. The molecule has 1 heterocycles. The molecule has 0 fully saturated rings. The van der Waals surface area contributed by atoms with Crippen LogP contribution < -0.4 is 15.4 Å². The zero-order valence-corrected chi connectivity index (χ0v) is 9.10. The summed E-state index contributed by atoms with van der Waals surface area (Å²) in [5, 5.41) is 13.2. The highest BCUT2D eigenvalue weighted by Gasteiger charge is 2.27. The molecule has 0 aliphatic carbocycles. The van der Waals surface area contributed by atoms with Gasteiger partial charge in [0.25, 0.3) is 5.91 Å². The summed E-state index contributed by atoms with van der Waals surface area (Å²) in [7, 11) is 1.57. The van der Waals surface area contributed by atoms with Gasteiger partial charge < -0.3 is 4.74 Å². The van der Waals surface area contributed by atoms with Crippen molar-refractivity contribution < 1.29 is 9.53 Å². The van der Waals surface area contributed by atoms with E-state index in [1.165, 1.54) is 0 Å². The lowest BCUT2D eigenvalue weighted by Crippen LogP contribution is -2.33. The van der Waals surface area contributed by atoms with E-state index in [-0.39, 0.29) is 11.9 Å². The van der Waals surface area contributed by atoms with E-state index in [2.05, 4.69) is 15.6 Å². The summed E-state index contributed by atoms with van der Waals surface area (Å²) < 4.78 is 5.03. The van der Waals surface area contributed by atoms with Crippen LogP contribution in [-0.4, -0.2) is 19.0 Å². The molecule has 6 heteroatoms. The largest absolute Gasteiger partial charge is 0.497 e. The van der Waals surface area contributed by atoms with E-state index in [0.717, 1.165) is 5.56 Å². The Labute approximate surface area is 97.9 Å². The maximum absolute atomic E-state index is 11.6. The lowest BCUT2D eigenvalue weighted by Gasteiger charge is -2.05. The minimum absolute atomic E-state index is 0.179. The zero-order chi connectivity index (χ0) is 12.3. The molecule has 0 spiro atoms. The molecule has 1 unspecified atom stereocenters. The average Bonchev–Trinajstić information content (AvgIpc) is 2.71. The van der Waals surface area contributed by atoms with Crippen molar-refractivity contribution in [3.05, 3.63) is 29.8 Å². The van der Waals surface area contributed by atoms with Gasteiger partial charge in [0.2, 0.25) is 5.96 Å². The van der Waals surface area contributed by atoms with Crippen molar-refractivity contribution in [2.24, 2.45) is 4.99 Å². The van der Waals surface area contributed by atoms with Crippen molar-refractivity contribution in [2.75, 3.05) is 7.11 Å². The van der Waals surface area contributed by atoms with Crippen LogP contribution >= 0.6 is 0 Å². The number of hydrogen-bond donors (Lipinski definition) is 2. The number of benzene rings is 1. The van der Waals surface area contributed by atoms with Crippen molar-refractivity contribution in [2.45, 2.75) is 6.04 Å². The first-order valence-corrected chi connectivity index (χ1v) is 4.92. The Hall–Kier alpha value is -2.55. The number of carbonyl (C=O) groups is 1. The number of hydrogen-bond acceptors (Lipinski definition) is 5. The van der Waals surface area contributed by atoms with Crippen LogP contribution in [0.4, 0.5) is 0 Å². The number of nitrogens with zero attached hydrogens (tertiary/aromatic N) is 2. The van der Waals surface area contributed by atoms with Crippen LogP contribution in [-0.2, 0) is 4.79 Å². The Kier molecular flexibility index (Phi) is 2.92. The van der Waals surface area contributed by atoms with E-state index in [1.807, 2.05) is 0 Å². The van der Waals surface area contributed by atoms with E-state index in [9.17, 15) is 4.79 Å². The molecule has 0 saturated carbocycles. The molecule has 1 aromatic rings. The summed E-state index contributed by atoms with van der Waals surface area (Å²) in [6.07, 6.45) is 1.70. The standard InChI is InChI=1S/C11H10N4O2/c1-17-8-4-2-7(3-5-8)9-10(16)15-11(14-9)13-6-12/h2-5,9H,1H3,(H2,13,14,15,16). The lowest BCUT2D eigenvalue weighted by molar-refractivity contribution is -0.120. The number of ether oxygens (including phenoxy) is 1. The van der Waals surface area contributed by atoms with Crippen LogP contribution in [0.1, 0.15) is 11.6 Å². The van der Waals surface area contributed by atoms with Crippen molar-refractivity contribution in [3.8, 4) is 11.9 Å². The number of amides is 1. The SMILES string of the molecule is COc1ccc(C2N=C(NC#N)NC2=O)cc1. The molecular formula is C11H10N4O2. The molecule has 0 aromatic heterocycles. The van der Waals surface area contributed by atoms with Gasteiger partial charge in [0, 0.05) is 0 Å². The van der Waals surface area contributed by atoms with E-state index < -0.39 is 6.04 Å². The summed E-state index contributed by atoms with van der Waals surface area (Å²) >= 11 is 0. The van der Waals surface area contributed by atoms with E-state index >= 15 is 0 Å². The second-order valence-corrected chi connectivity index (χ2v) is 3.38. The second kappa shape index (κ2) is 4.53. The van der Waals surface area contributed by atoms with Gasteiger partial charge in [-0.25, -0.2) is 4.99 Å². The minimum atomic E-state index is -0.614. The summed E-state index contributed by atoms with van der Waals surface area (Å²) in [5.41, 5.74) is 0.748. The van der Waals surface area contributed by atoms with Crippen LogP contribution in [0.2, 0.25) is 0 Å². The predicted molar refractivity (Wildman–Crippen MR) is 60.1 cm³/mol. The Balaban J connectivity index is 2.22. The Morgan fingerprint density at radius 2 is 2.18 bits per heavy atom. The molecule has 1 atom stereocenters. The molecule has 1 amide bonds. The monoisotopic (exact) mass is 230 g/mol. The minimum Gasteiger partial charge on any atom is -0.497 e. The number of carbonyl (C=O) groups excluding carboxylic acids is 1. The molecule has 2 rings (SSSR count). The number of aliphatic imine (C=N–C) groups is 1. The molecule has 1 aromatic carbocycles. The first-order chi connectivity index (χ1) is 8.24. The Morgan fingerprint density at radius 1 is 1.47 bits per heavy atom. The fraction of sp³-hybridized carbons (Fsp3) is 0.182. The van der Waals surface area contributed by atoms with Gasteiger partial charge in [-0.1, -0.05) is 12.1 Å². The van der Waals surface area contributed by atoms with E-state index in [1.54, 1.807) is 37.6 Å². The second-order valence-electron chi connectivity index (χ2n) is 3.38. The molecule has 2 N–H and O–H groups in total. The summed E-state index contributed by atoms with van der Waals surface area (Å²) in [4.78, 5) is 15.7. The van der Waals surface area contributed by atoms with Gasteiger partial charge in [-0.2, -0.15) is 5.26 Å². The molecule has 86 valence electrons. The van der Waals surface area contributed by atoms with Crippen LogP contribution in [0, 0.1) is 11.5 Å². The van der Waals surface area contributed by atoms with Gasteiger partial charge in [-0.3, -0.25) is 15.4 Å². The third-order valence-electron chi connectivity index (χ3n) is 2.35. The quantitative estimate of drug-likeness (QED) is 0.565. The molecule has 6 nitrogen and oxygen atoms in total. The smallest absolute Gasteiger partial charge is 0.256 e. The summed E-state index contributed by atoms with van der Waals surface area (Å²) in [6, 6.07) is 6.43. The van der Waals surface area contributed by atoms with Gasteiger partial charge in [-0.05, 0) is 17.7 Å². The van der Waals surface area contributed by atoms with Gasteiger partial charge in [0.15, 0.2) is 12.2 Å². The van der Waals surface area contributed by atoms with E-state index in [4.69, 9.17) is 10.00 Å². The number of rotatable bonds is 2. The highest BCUT2D eigenvalue weighted by Crippen LogP contribution is 2.23. The first kappa shape index (κ1) is 11.0.